The van der Waals surface area contributed by atoms with Crippen LogP contribution in [0.25, 0.3) is 0 Å². The summed E-state index contributed by atoms with van der Waals surface area (Å²) in [5.41, 5.74) is 1.71. The van der Waals surface area contributed by atoms with Gasteiger partial charge in [0, 0.05) is 31.1 Å². The number of fused-ring (bicyclic) bond motifs is 4. The molecule has 1 aromatic rings. The molecule has 6 atom stereocenters. The molecule has 2 heterocycles. The monoisotopic (exact) mass is 453 g/mol. The van der Waals surface area contributed by atoms with E-state index >= 15 is 0 Å². The molecule has 2 unspecified atom stereocenters. The maximum atomic E-state index is 12.2. The summed E-state index contributed by atoms with van der Waals surface area (Å²) in [5.74, 6) is 1.19. The summed E-state index contributed by atoms with van der Waals surface area (Å²) in [5, 5.41) is 6.66. The van der Waals surface area contributed by atoms with E-state index in [2.05, 4.69) is 15.5 Å². The van der Waals surface area contributed by atoms with Gasteiger partial charge in [-0.3, -0.25) is 14.5 Å². The lowest BCUT2D eigenvalue weighted by molar-refractivity contribution is -0.144. The number of hydrogen-bond donors (Lipinski definition) is 2. The first-order chi connectivity index (χ1) is 16.0. The number of benzene rings is 1. The van der Waals surface area contributed by atoms with Gasteiger partial charge in [0.05, 0.1) is 11.4 Å². The molecule has 180 valence electrons. The number of carbonyl (C=O) groups is 2. The van der Waals surface area contributed by atoms with E-state index < -0.39 is 5.97 Å². The quantitative estimate of drug-likeness (QED) is 0.596. The number of carbonyl (C=O) groups excluding carboxylic acids is 2. The summed E-state index contributed by atoms with van der Waals surface area (Å²) in [6, 6.07) is 10.5. The van der Waals surface area contributed by atoms with Crippen LogP contribution in [-0.4, -0.2) is 47.6 Å². The van der Waals surface area contributed by atoms with Crippen LogP contribution in [0.5, 0.6) is 0 Å². The second-order valence-electron chi connectivity index (χ2n) is 10.9. The number of nitrogens with zero attached hydrogens (tertiary/aromatic N) is 1. The Morgan fingerprint density at radius 2 is 1.52 bits per heavy atom. The molecule has 33 heavy (non-hydrogen) atoms. The highest BCUT2D eigenvalue weighted by Gasteiger charge is 2.44. The van der Waals surface area contributed by atoms with Crippen molar-refractivity contribution in [2.45, 2.75) is 102 Å². The van der Waals surface area contributed by atoms with E-state index in [1.807, 2.05) is 24.3 Å². The van der Waals surface area contributed by atoms with Crippen LogP contribution < -0.4 is 10.6 Å². The highest BCUT2D eigenvalue weighted by Crippen LogP contribution is 2.46. The third-order valence-corrected chi connectivity index (χ3v) is 8.52. The molecule has 0 radical (unpaired) electrons. The van der Waals surface area contributed by atoms with Gasteiger partial charge in [-0.2, -0.15) is 0 Å². The molecule has 6 heteroatoms. The fourth-order valence-corrected chi connectivity index (χ4v) is 7.36. The van der Waals surface area contributed by atoms with Gasteiger partial charge < -0.3 is 15.4 Å². The summed E-state index contributed by atoms with van der Waals surface area (Å²) in [4.78, 5) is 26.2. The smallest absolute Gasteiger partial charge is 0.303 e. The predicted octanol–water partition coefficient (Wildman–Crippen LogP) is 4.95. The lowest BCUT2D eigenvalue weighted by atomic mass is 9.68. The maximum Gasteiger partial charge on any atom is 0.303 e. The van der Waals surface area contributed by atoms with Gasteiger partial charge in [-0.1, -0.05) is 37.8 Å². The van der Waals surface area contributed by atoms with Gasteiger partial charge >= 0.3 is 5.97 Å². The summed E-state index contributed by atoms with van der Waals surface area (Å²) in [6.07, 6.45) is 15.1. The number of anilines is 2. The van der Waals surface area contributed by atoms with Crippen molar-refractivity contribution in [2.75, 3.05) is 17.2 Å². The largest absolute Gasteiger partial charge is 0.456 e. The molecular formula is C27H39N3O3. The lowest BCUT2D eigenvalue weighted by Gasteiger charge is -2.55. The van der Waals surface area contributed by atoms with E-state index in [4.69, 9.17) is 4.74 Å². The Bertz CT molecular complexity index is 833. The van der Waals surface area contributed by atoms with E-state index in [1.165, 1.54) is 77.6 Å². The summed E-state index contributed by atoms with van der Waals surface area (Å²) in [6.45, 7) is 1.06. The van der Waals surface area contributed by atoms with E-state index in [-0.39, 0.29) is 12.5 Å². The Labute approximate surface area is 197 Å². The van der Waals surface area contributed by atoms with E-state index in [1.54, 1.807) is 0 Å². The third kappa shape index (κ3) is 5.37. The van der Waals surface area contributed by atoms with Gasteiger partial charge in [0.1, 0.15) is 0 Å². The number of esters is 1. The molecule has 2 saturated heterocycles. The van der Waals surface area contributed by atoms with E-state index in [0.29, 0.717) is 18.1 Å². The zero-order valence-corrected chi connectivity index (χ0v) is 19.9. The van der Waals surface area contributed by atoms with Crippen LogP contribution in [0.1, 0.15) is 77.6 Å². The molecule has 4 aliphatic rings. The number of rotatable bonds is 6. The minimum Gasteiger partial charge on any atom is -0.456 e. The number of piperidine rings is 2. The Kier molecular flexibility index (Phi) is 6.91. The van der Waals surface area contributed by atoms with Crippen molar-refractivity contribution in [3.05, 3.63) is 24.3 Å². The molecule has 2 aliphatic carbocycles. The van der Waals surface area contributed by atoms with Crippen molar-refractivity contribution in [1.82, 2.24) is 4.90 Å². The first-order valence-corrected chi connectivity index (χ1v) is 13.1. The second kappa shape index (κ2) is 10.0. The Morgan fingerprint density at radius 3 is 2.18 bits per heavy atom. The molecule has 6 nitrogen and oxygen atoms in total. The van der Waals surface area contributed by atoms with Gasteiger partial charge in [-0.05, 0) is 68.9 Å². The van der Waals surface area contributed by atoms with Crippen LogP contribution in [0.15, 0.2) is 24.3 Å². The van der Waals surface area contributed by atoms with Crippen LogP contribution in [0.3, 0.4) is 0 Å². The summed E-state index contributed by atoms with van der Waals surface area (Å²) < 4.78 is 4.84. The number of hydrogen-bond acceptors (Lipinski definition) is 5. The topological polar surface area (TPSA) is 70.7 Å². The van der Waals surface area contributed by atoms with Gasteiger partial charge in [0.15, 0.2) is 6.61 Å². The first-order valence-electron chi connectivity index (χ1n) is 13.1. The van der Waals surface area contributed by atoms with Crippen molar-refractivity contribution in [1.29, 1.82) is 0 Å². The molecule has 1 amide bonds. The zero-order valence-electron chi connectivity index (χ0n) is 19.9. The number of para-hydroxylation sites is 2. The van der Waals surface area contributed by atoms with Crippen molar-refractivity contribution in [3.63, 3.8) is 0 Å². The normalized spacial score (nSPS) is 33.7. The third-order valence-electron chi connectivity index (χ3n) is 8.52. The van der Waals surface area contributed by atoms with Gasteiger partial charge in [0.2, 0.25) is 0 Å². The van der Waals surface area contributed by atoms with Crippen molar-refractivity contribution in [2.24, 2.45) is 11.8 Å². The summed E-state index contributed by atoms with van der Waals surface area (Å²) >= 11 is 0. The molecule has 2 saturated carbocycles. The van der Waals surface area contributed by atoms with Crippen LogP contribution >= 0.6 is 0 Å². The number of nitrogens with one attached hydrogen (secondary N) is 2. The number of amides is 1. The summed E-state index contributed by atoms with van der Waals surface area (Å²) in [7, 11) is 0. The average Bonchev–Trinajstić information content (AvgIpc) is 2.78. The maximum absolute atomic E-state index is 12.2. The van der Waals surface area contributed by atoms with Gasteiger partial charge in [-0.25, -0.2) is 0 Å². The highest BCUT2D eigenvalue weighted by molar-refractivity contribution is 5.95. The predicted molar refractivity (Wildman–Crippen MR) is 130 cm³/mol. The first kappa shape index (κ1) is 22.7. The van der Waals surface area contributed by atoms with Crippen molar-refractivity contribution in [3.8, 4) is 0 Å². The average molecular weight is 454 g/mol. The Morgan fingerprint density at radius 1 is 0.879 bits per heavy atom. The zero-order chi connectivity index (χ0) is 22.8. The van der Waals surface area contributed by atoms with E-state index in [0.717, 1.165) is 29.3 Å². The van der Waals surface area contributed by atoms with Crippen LogP contribution in [0.2, 0.25) is 0 Å². The standard InChI is InChI=1S/C27H39N3O3/c1-18(31)33-17-27(32)29-26-11-3-2-10-25(26)28-21-15-22-8-5-9-23(16-21)30(22)24-13-19-6-4-7-20(12-19)14-24/h2-3,10-11,19-24,28H,4-9,12-17H2,1H3,(H,29,32)/t19-,20+,21?,22-,23+,24?. The molecule has 2 aliphatic heterocycles. The van der Waals surface area contributed by atoms with Crippen LogP contribution in [0.4, 0.5) is 11.4 Å². The molecule has 0 aromatic heterocycles. The SMILES string of the molecule is CC(=O)OCC(=O)Nc1ccccc1NC1C[C@H]2CCC[C@@H](C1)N2C1C[C@H]2CCC[C@@H](C1)C2. The Balaban J connectivity index is 1.23. The van der Waals surface area contributed by atoms with Crippen LogP contribution in [-0.2, 0) is 14.3 Å². The molecule has 1 aromatic carbocycles. The molecule has 2 N–H and O–H groups in total. The Hall–Kier alpha value is -2.08. The minimum atomic E-state index is -0.448. The molecule has 5 rings (SSSR count). The molecule has 0 spiro atoms. The van der Waals surface area contributed by atoms with Crippen molar-refractivity contribution >= 4 is 23.3 Å². The fraction of sp³-hybridized carbons (Fsp3) is 0.704. The van der Waals surface area contributed by atoms with Gasteiger partial charge in [-0.15, -0.1) is 0 Å². The number of ether oxygens (including phenoxy) is 1. The molecule has 4 bridgehead atoms. The molecular weight excluding hydrogens is 414 g/mol. The fourth-order valence-electron chi connectivity index (χ4n) is 7.36. The van der Waals surface area contributed by atoms with Crippen molar-refractivity contribution < 1.29 is 14.3 Å². The second-order valence-corrected chi connectivity index (χ2v) is 10.9. The highest BCUT2D eigenvalue weighted by atomic mass is 16.5. The molecule has 4 fully saturated rings. The van der Waals surface area contributed by atoms with Crippen LogP contribution in [0, 0.1) is 11.8 Å². The minimum absolute atomic E-state index is 0.254. The lowest BCUT2D eigenvalue weighted by Crippen LogP contribution is -2.60. The van der Waals surface area contributed by atoms with Gasteiger partial charge in [0.25, 0.3) is 5.91 Å². The van der Waals surface area contributed by atoms with E-state index in [9.17, 15) is 9.59 Å².